The average molecular weight is 217 g/mol. The van der Waals surface area contributed by atoms with Crippen molar-refractivity contribution >= 4 is 5.91 Å². The second-order valence-electron chi connectivity index (χ2n) is 4.77. The van der Waals surface area contributed by atoms with Crippen molar-refractivity contribution in [1.82, 2.24) is 4.90 Å². The van der Waals surface area contributed by atoms with Gasteiger partial charge in [0.2, 0.25) is 0 Å². The summed E-state index contributed by atoms with van der Waals surface area (Å²) in [5, 5.41) is 10.8. The van der Waals surface area contributed by atoms with Gasteiger partial charge in [0.15, 0.2) is 5.72 Å². The monoisotopic (exact) mass is 217 g/mol. The molecule has 0 spiro atoms. The number of amides is 1. The third-order valence-corrected chi connectivity index (χ3v) is 3.92. The molecule has 0 bridgehead atoms. The predicted octanol–water partition coefficient (Wildman–Crippen LogP) is 1.72. The number of hydrogen-bond acceptors (Lipinski definition) is 2. The zero-order valence-corrected chi connectivity index (χ0v) is 9.31. The zero-order valence-electron chi connectivity index (χ0n) is 9.31. The summed E-state index contributed by atoms with van der Waals surface area (Å²) >= 11 is 0. The molecule has 3 rings (SSSR count). The molecule has 0 radical (unpaired) electrons. The zero-order chi connectivity index (χ0) is 11.3. The minimum Gasteiger partial charge on any atom is -0.366 e. The minimum absolute atomic E-state index is 0.0235. The molecule has 2 aliphatic heterocycles. The minimum atomic E-state index is -1.06. The second-order valence-corrected chi connectivity index (χ2v) is 4.77. The van der Waals surface area contributed by atoms with Crippen LogP contribution >= 0.6 is 0 Å². The van der Waals surface area contributed by atoms with E-state index in [0.29, 0.717) is 12.1 Å². The van der Waals surface area contributed by atoms with Gasteiger partial charge in [-0.2, -0.15) is 0 Å². The van der Waals surface area contributed by atoms with Crippen LogP contribution in [0.4, 0.5) is 0 Å². The summed E-state index contributed by atoms with van der Waals surface area (Å²) in [4.78, 5) is 13.8. The van der Waals surface area contributed by atoms with Gasteiger partial charge in [-0.1, -0.05) is 25.1 Å². The van der Waals surface area contributed by atoms with Gasteiger partial charge < -0.3 is 10.0 Å². The maximum Gasteiger partial charge on any atom is 0.256 e. The molecule has 1 amide bonds. The van der Waals surface area contributed by atoms with E-state index in [0.717, 1.165) is 18.4 Å². The molecule has 1 aromatic carbocycles. The molecule has 2 aliphatic rings. The fourth-order valence-corrected chi connectivity index (χ4v) is 3.00. The Morgan fingerprint density at radius 2 is 2.19 bits per heavy atom. The van der Waals surface area contributed by atoms with Gasteiger partial charge in [0, 0.05) is 23.6 Å². The molecule has 2 atom stereocenters. The summed E-state index contributed by atoms with van der Waals surface area (Å²) in [5.74, 6) is 0.0819. The summed E-state index contributed by atoms with van der Waals surface area (Å²) in [7, 11) is 0. The number of rotatable bonds is 0. The van der Waals surface area contributed by atoms with Crippen molar-refractivity contribution in [2.75, 3.05) is 6.54 Å². The SMILES string of the molecule is C[C@@H]1CCCN2C(=O)c3ccccc3[C@]12O. The van der Waals surface area contributed by atoms with E-state index in [1.807, 2.05) is 25.1 Å². The first-order valence-corrected chi connectivity index (χ1v) is 5.79. The van der Waals surface area contributed by atoms with Crippen LogP contribution in [-0.2, 0) is 5.72 Å². The van der Waals surface area contributed by atoms with Crippen LogP contribution in [0.3, 0.4) is 0 Å². The predicted molar refractivity (Wildman–Crippen MR) is 59.8 cm³/mol. The molecule has 1 saturated heterocycles. The van der Waals surface area contributed by atoms with Crippen molar-refractivity contribution in [3.8, 4) is 0 Å². The quantitative estimate of drug-likeness (QED) is 0.718. The van der Waals surface area contributed by atoms with Crippen molar-refractivity contribution < 1.29 is 9.90 Å². The maximum absolute atomic E-state index is 12.1. The fourth-order valence-electron chi connectivity index (χ4n) is 3.00. The van der Waals surface area contributed by atoms with Gasteiger partial charge in [-0.05, 0) is 18.9 Å². The van der Waals surface area contributed by atoms with E-state index in [4.69, 9.17) is 0 Å². The van der Waals surface area contributed by atoms with E-state index in [2.05, 4.69) is 0 Å². The Kier molecular flexibility index (Phi) is 1.89. The van der Waals surface area contributed by atoms with Gasteiger partial charge in [0.25, 0.3) is 5.91 Å². The largest absolute Gasteiger partial charge is 0.366 e. The van der Waals surface area contributed by atoms with Gasteiger partial charge in [-0.15, -0.1) is 0 Å². The van der Waals surface area contributed by atoms with Crippen molar-refractivity contribution in [1.29, 1.82) is 0 Å². The summed E-state index contributed by atoms with van der Waals surface area (Å²) in [5.41, 5.74) is 0.386. The summed E-state index contributed by atoms with van der Waals surface area (Å²) in [6, 6.07) is 7.41. The van der Waals surface area contributed by atoms with E-state index in [9.17, 15) is 9.90 Å². The molecular weight excluding hydrogens is 202 g/mol. The number of benzene rings is 1. The lowest BCUT2D eigenvalue weighted by atomic mass is 9.84. The Morgan fingerprint density at radius 3 is 3.00 bits per heavy atom. The highest BCUT2D eigenvalue weighted by Gasteiger charge is 2.52. The van der Waals surface area contributed by atoms with Crippen LogP contribution in [0, 0.1) is 5.92 Å². The van der Waals surface area contributed by atoms with Crippen LogP contribution in [-0.4, -0.2) is 22.5 Å². The number of aliphatic hydroxyl groups is 1. The van der Waals surface area contributed by atoms with Crippen LogP contribution in [0.5, 0.6) is 0 Å². The van der Waals surface area contributed by atoms with E-state index in [1.54, 1.807) is 11.0 Å². The van der Waals surface area contributed by atoms with Crippen molar-refractivity contribution in [3.05, 3.63) is 35.4 Å². The van der Waals surface area contributed by atoms with Gasteiger partial charge in [-0.3, -0.25) is 4.79 Å². The van der Waals surface area contributed by atoms with Crippen LogP contribution in [0.2, 0.25) is 0 Å². The number of carbonyl (C=O) groups is 1. The first-order valence-electron chi connectivity index (χ1n) is 5.79. The third-order valence-electron chi connectivity index (χ3n) is 3.92. The summed E-state index contributed by atoms with van der Waals surface area (Å²) in [6.45, 7) is 2.68. The molecule has 84 valence electrons. The molecule has 0 aliphatic carbocycles. The van der Waals surface area contributed by atoms with Gasteiger partial charge in [0.1, 0.15) is 0 Å². The van der Waals surface area contributed by atoms with Crippen LogP contribution in [0.1, 0.15) is 35.7 Å². The number of hydrogen-bond donors (Lipinski definition) is 1. The van der Waals surface area contributed by atoms with E-state index < -0.39 is 5.72 Å². The number of carbonyl (C=O) groups excluding carboxylic acids is 1. The van der Waals surface area contributed by atoms with E-state index in [1.165, 1.54) is 0 Å². The lowest BCUT2D eigenvalue weighted by Gasteiger charge is -2.43. The molecule has 0 saturated carbocycles. The fraction of sp³-hybridized carbons (Fsp3) is 0.462. The van der Waals surface area contributed by atoms with E-state index >= 15 is 0 Å². The van der Waals surface area contributed by atoms with Crippen molar-refractivity contribution in [2.45, 2.75) is 25.5 Å². The number of nitrogens with zero attached hydrogens (tertiary/aromatic N) is 1. The lowest BCUT2D eigenvalue weighted by Crippen LogP contribution is -2.51. The Hall–Kier alpha value is -1.35. The Balaban J connectivity index is 2.22. The Labute approximate surface area is 94.7 Å². The van der Waals surface area contributed by atoms with Crippen LogP contribution in [0.15, 0.2) is 24.3 Å². The summed E-state index contributed by atoms with van der Waals surface area (Å²) < 4.78 is 0. The van der Waals surface area contributed by atoms with Gasteiger partial charge >= 0.3 is 0 Å². The molecule has 1 aromatic rings. The van der Waals surface area contributed by atoms with Gasteiger partial charge in [0.05, 0.1) is 0 Å². The first-order chi connectivity index (χ1) is 7.65. The molecule has 16 heavy (non-hydrogen) atoms. The van der Waals surface area contributed by atoms with Gasteiger partial charge in [-0.25, -0.2) is 0 Å². The highest BCUT2D eigenvalue weighted by molar-refractivity contribution is 5.99. The second kappa shape index (κ2) is 3.08. The highest BCUT2D eigenvalue weighted by atomic mass is 16.3. The molecule has 1 N–H and O–H groups in total. The highest BCUT2D eigenvalue weighted by Crippen LogP contribution is 2.46. The molecule has 0 unspecified atom stereocenters. The topological polar surface area (TPSA) is 40.5 Å². The van der Waals surface area contributed by atoms with E-state index in [-0.39, 0.29) is 11.8 Å². The molecule has 0 aromatic heterocycles. The van der Waals surface area contributed by atoms with Crippen molar-refractivity contribution in [2.24, 2.45) is 5.92 Å². The number of fused-ring (bicyclic) bond motifs is 3. The third kappa shape index (κ3) is 0.990. The lowest BCUT2D eigenvalue weighted by molar-refractivity contribution is -0.143. The smallest absolute Gasteiger partial charge is 0.256 e. The average Bonchev–Trinajstić information content (AvgIpc) is 2.53. The maximum atomic E-state index is 12.1. The normalized spacial score (nSPS) is 32.5. The van der Waals surface area contributed by atoms with Crippen LogP contribution in [0.25, 0.3) is 0 Å². The Bertz CT molecular complexity index is 457. The van der Waals surface area contributed by atoms with Crippen molar-refractivity contribution in [3.63, 3.8) is 0 Å². The molecule has 3 nitrogen and oxygen atoms in total. The summed E-state index contributed by atoms with van der Waals surface area (Å²) in [6.07, 6.45) is 1.94. The molecule has 3 heteroatoms. The van der Waals surface area contributed by atoms with Crippen LogP contribution < -0.4 is 0 Å². The number of piperidine rings is 1. The molecule has 1 fully saturated rings. The molecule has 2 heterocycles. The Morgan fingerprint density at radius 1 is 1.44 bits per heavy atom. The molecular formula is C13H15NO2. The standard InChI is InChI=1S/C13H15NO2/c1-9-5-4-8-14-12(15)10-6-2-3-7-11(10)13(9,14)16/h2-3,6-7,9,16H,4-5,8H2,1H3/t9-,13-/m1/s1. The first kappa shape index (κ1) is 9.85.